The third kappa shape index (κ3) is 3.26. The number of nitrogens with one attached hydrogen (secondary N) is 1. The second-order valence-corrected chi connectivity index (χ2v) is 8.26. The molecular formula is C17H22N2OS2. The maximum absolute atomic E-state index is 12.2. The van der Waals surface area contributed by atoms with Crippen molar-refractivity contribution in [1.29, 1.82) is 0 Å². The minimum atomic E-state index is 0.0567. The summed E-state index contributed by atoms with van der Waals surface area (Å²) in [5.74, 6) is 0.0567. The van der Waals surface area contributed by atoms with Gasteiger partial charge in [-0.3, -0.25) is 9.69 Å². The molecule has 0 aromatic carbocycles. The van der Waals surface area contributed by atoms with Gasteiger partial charge in [-0.15, -0.1) is 22.7 Å². The fraction of sp³-hybridized carbons (Fsp3) is 0.471. The van der Waals surface area contributed by atoms with Crippen molar-refractivity contribution in [2.24, 2.45) is 0 Å². The third-order valence-corrected chi connectivity index (χ3v) is 6.58. The summed E-state index contributed by atoms with van der Waals surface area (Å²) in [7, 11) is 0. The maximum atomic E-state index is 12.2. The van der Waals surface area contributed by atoms with Crippen molar-refractivity contribution in [1.82, 2.24) is 10.2 Å². The summed E-state index contributed by atoms with van der Waals surface area (Å²) in [4.78, 5) is 18.3. The molecule has 2 aromatic heterocycles. The molecule has 3 rings (SSSR count). The molecule has 2 aromatic rings. The lowest BCUT2D eigenvalue weighted by molar-refractivity contribution is 0.0936. The molecule has 0 saturated carbocycles. The molecule has 3 nitrogen and oxygen atoms in total. The van der Waals surface area contributed by atoms with Gasteiger partial charge in [-0.25, -0.2) is 0 Å². The predicted octanol–water partition coefficient (Wildman–Crippen LogP) is 3.60. The summed E-state index contributed by atoms with van der Waals surface area (Å²) >= 11 is 3.44. The molecule has 0 unspecified atom stereocenters. The second kappa shape index (κ2) is 6.52. The molecule has 1 N–H and O–H groups in total. The smallest absolute Gasteiger partial charge is 0.261 e. The van der Waals surface area contributed by atoms with Crippen LogP contribution in [0.2, 0.25) is 0 Å². The van der Waals surface area contributed by atoms with Crippen molar-refractivity contribution >= 4 is 28.6 Å². The summed E-state index contributed by atoms with van der Waals surface area (Å²) < 4.78 is 0. The Bertz CT molecular complexity index is 655. The Labute approximate surface area is 140 Å². The van der Waals surface area contributed by atoms with Gasteiger partial charge in [0.15, 0.2) is 0 Å². The van der Waals surface area contributed by atoms with Crippen molar-refractivity contribution in [2.75, 3.05) is 13.1 Å². The highest BCUT2D eigenvalue weighted by Gasteiger charge is 2.22. The summed E-state index contributed by atoms with van der Waals surface area (Å²) in [6.07, 6.45) is 1.13. The lowest BCUT2D eigenvalue weighted by Crippen LogP contribution is -2.44. The normalized spacial score (nSPS) is 16.3. The van der Waals surface area contributed by atoms with E-state index in [0.717, 1.165) is 24.4 Å². The van der Waals surface area contributed by atoms with E-state index in [1.807, 2.05) is 17.4 Å². The average Bonchev–Trinajstić information content (AvgIpc) is 3.10. The van der Waals surface area contributed by atoms with Gasteiger partial charge in [0.05, 0.1) is 4.88 Å². The number of thiophene rings is 2. The molecule has 0 bridgehead atoms. The largest absolute Gasteiger partial charge is 0.350 e. The highest BCUT2D eigenvalue weighted by molar-refractivity contribution is 7.14. The van der Waals surface area contributed by atoms with E-state index in [1.54, 1.807) is 11.3 Å². The van der Waals surface area contributed by atoms with E-state index in [2.05, 4.69) is 42.4 Å². The van der Waals surface area contributed by atoms with Crippen LogP contribution in [0.15, 0.2) is 17.5 Å². The van der Waals surface area contributed by atoms with Crippen LogP contribution in [0.1, 0.15) is 37.5 Å². The number of hydrogen-bond donors (Lipinski definition) is 1. The van der Waals surface area contributed by atoms with Crippen molar-refractivity contribution < 1.29 is 4.79 Å². The molecule has 118 valence electrons. The van der Waals surface area contributed by atoms with Gasteiger partial charge in [0.2, 0.25) is 0 Å². The molecule has 5 heteroatoms. The van der Waals surface area contributed by atoms with Gasteiger partial charge in [-0.1, -0.05) is 0 Å². The van der Waals surface area contributed by atoms with E-state index in [-0.39, 0.29) is 5.91 Å². The monoisotopic (exact) mass is 334 g/mol. The Kier molecular flexibility index (Phi) is 4.66. The Morgan fingerprint density at radius 1 is 1.45 bits per heavy atom. The van der Waals surface area contributed by atoms with E-state index < -0.39 is 0 Å². The van der Waals surface area contributed by atoms with Gasteiger partial charge in [0, 0.05) is 35.4 Å². The number of rotatable bonds is 4. The number of carbonyl (C=O) groups excluding carboxylic acids is 1. The average molecular weight is 335 g/mol. The van der Waals surface area contributed by atoms with E-state index in [4.69, 9.17) is 0 Å². The van der Waals surface area contributed by atoms with E-state index in [1.165, 1.54) is 20.9 Å². The number of hydrogen-bond acceptors (Lipinski definition) is 4. The first-order valence-corrected chi connectivity index (χ1v) is 9.38. The quantitative estimate of drug-likeness (QED) is 0.926. The summed E-state index contributed by atoms with van der Waals surface area (Å²) in [5, 5.41) is 5.27. The SMILES string of the molecule is Cc1cc(C(=O)NC[C@@H](C)N2CCc3sccc3C2)sc1C. The van der Waals surface area contributed by atoms with Gasteiger partial charge in [-0.2, -0.15) is 0 Å². The van der Waals surface area contributed by atoms with Crippen LogP contribution >= 0.6 is 22.7 Å². The third-order valence-electron chi connectivity index (χ3n) is 4.41. The minimum absolute atomic E-state index is 0.0567. The summed E-state index contributed by atoms with van der Waals surface area (Å²) in [6.45, 7) is 9.11. The van der Waals surface area contributed by atoms with Crippen LogP contribution < -0.4 is 5.32 Å². The minimum Gasteiger partial charge on any atom is -0.350 e. The number of nitrogens with zero attached hydrogens (tertiary/aromatic N) is 1. The van der Waals surface area contributed by atoms with E-state index in [9.17, 15) is 4.79 Å². The first kappa shape index (κ1) is 15.7. The molecule has 22 heavy (non-hydrogen) atoms. The first-order valence-electron chi connectivity index (χ1n) is 7.69. The van der Waals surface area contributed by atoms with E-state index in [0.29, 0.717) is 12.6 Å². The van der Waals surface area contributed by atoms with Crippen molar-refractivity contribution in [3.63, 3.8) is 0 Å². The molecule has 1 atom stereocenters. The molecule has 0 saturated heterocycles. The van der Waals surface area contributed by atoms with Crippen molar-refractivity contribution in [3.05, 3.63) is 43.3 Å². The Morgan fingerprint density at radius 2 is 2.27 bits per heavy atom. The second-order valence-electron chi connectivity index (χ2n) is 6.00. The fourth-order valence-electron chi connectivity index (χ4n) is 2.79. The van der Waals surface area contributed by atoms with Gasteiger partial charge in [0.25, 0.3) is 5.91 Å². The van der Waals surface area contributed by atoms with Crippen LogP contribution in [0.4, 0.5) is 0 Å². The van der Waals surface area contributed by atoms with Crippen LogP contribution in [-0.2, 0) is 13.0 Å². The molecule has 0 aliphatic carbocycles. The molecule has 0 spiro atoms. The molecule has 3 heterocycles. The zero-order valence-corrected chi connectivity index (χ0v) is 14.9. The van der Waals surface area contributed by atoms with Crippen LogP contribution in [0.25, 0.3) is 0 Å². The van der Waals surface area contributed by atoms with Crippen LogP contribution in [0.5, 0.6) is 0 Å². The summed E-state index contributed by atoms with van der Waals surface area (Å²) in [6, 6.07) is 4.58. The molecular weight excluding hydrogens is 312 g/mol. The molecule has 1 aliphatic heterocycles. The molecule has 1 aliphatic rings. The highest BCUT2D eigenvalue weighted by atomic mass is 32.1. The summed E-state index contributed by atoms with van der Waals surface area (Å²) in [5.41, 5.74) is 2.66. The topological polar surface area (TPSA) is 32.3 Å². The van der Waals surface area contributed by atoms with E-state index >= 15 is 0 Å². The lowest BCUT2D eigenvalue weighted by atomic mass is 10.1. The van der Waals surface area contributed by atoms with Crippen molar-refractivity contribution in [2.45, 2.75) is 39.8 Å². The number of amides is 1. The van der Waals surface area contributed by atoms with Crippen molar-refractivity contribution in [3.8, 4) is 0 Å². The first-order chi connectivity index (χ1) is 10.5. The van der Waals surface area contributed by atoms with Gasteiger partial charge >= 0.3 is 0 Å². The molecule has 0 fully saturated rings. The lowest BCUT2D eigenvalue weighted by Gasteiger charge is -2.32. The Hall–Kier alpha value is -1.17. The van der Waals surface area contributed by atoms with Crippen LogP contribution in [0, 0.1) is 13.8 Å². The number of fused-ring (bicyclic) bond motifs is 1. The predicted molar refractivity (Wildman–Crippen MR) is 94.0 cm³/mol. The number of carbonyl (C=O) groups is 1. The number of aryl methyl sites for hydroxylation is 2. The van der Waals surface area contributed by atoms with Gasteiger partial charge in [-0.05, 0) is 55.8 Å². The zero-order chi connectivity index (χ0) is 15.7. The standard InChI is InChI=1S/C17H22N2OS2/c1-11-8-16(22-13(11)3)17(20)18-9-12(2)19-6-4-15-14(10-19)5-7-21-15/h5,7-8,12H,4,6,9-10H2,1-3H3,(H,18,20)/t12-/m1/s1. The molecule has 0 radical (unpaired) electrons. The highest BCUT2D eigenvalue weighted by Crippen LogP contribution is 2.25. The Morgan fingerprint density at radius 3 is 3.00 bits per heavy atom. The Balaban J connectivity index is 1.54. The zero-order valence-electron chi connectivity index (χ0n) is 13.3. The van der Waals surface area contributed by atoms with Crippen LogP contribution in [-0.4, -0.2) is 29.9 Å². The molecule has 1 amide bonds. The fourth-order valence-corrected chi connectivity index (χ4v) is 4.63. The van der Waals surface area contributed by atoms with Gasteiger partial charge in [0.1, 0.15) is 0 Å². The van der Waals surface area contributed by atoms with Crippen LogP contribution in [0.3, 0.4) is 0 Å². The maximum Gasteiger partial charge on any atom is 0.261 e. The van der Waals surface area contributed by atoms with Gasteiger partial charge < -0.3 is 5.32 Å².